The molecule has 1 aromatic carbocycles. The molecule has 128 valence electrons. The largest absolute Gasteiger partial charge is 0.455 e. The van der Waals surface area contributed by atoms with Crippen molar-refractivity contribution >= 4 is 46.0 Å². The summed E-state index contributed by atoms with van der Waals surface area (Å²) in [5.74, 6) is -0.714. The number of benzene rings is 1. The second-order valence-electron chi connectivity index (χ2n) is 5.00. The van der Waals surface area contributed by atoms with Gasteiger partial charge in [0.05, 0.1) is 29.5 Å². The van der Waals surface area contributed by atoms with E-state index in [1.54, 1.807) is 17.5 Å². The van der Waals surface area contributed by atoms with Crippen LogP contribution < -0.4 is 5.32 Å². The lowest BCUT2D eigenvalue weighted by molar-refractivity contribution is -0.145. The van der Waals surface area contributed by atoms with Gasteiger partial charge in [0.25, 0.3) is 5.91 Å². The monoisotopic (exact) mass is 373 g/mol. The Balaban J connectivity index is 1.40. The van der Waals surface area contributed by atoms with Gasteiger partial charge < -0.3 is 10.1 Å². The fraction of sp³-hybridized carbons (Fsp3) is 0.176. The number of fused-ring (bicyclic) bond motifs is 1. The quantitative estimate of drug-likeness (QED) is 0.506. The Morgan fingerprint density at radius 3 is 2.80 bits per heavy atom. The molecular formula is C17H15N3O3S2. The Hall–Kier alpha value is -2.45. The number of hydrogen-bond acceptors (Lipinski definition) is 7. The molecule has 0 unspecified atom stereocenters. The van der Waals surface area contributed by atoms with Gasteiger partial charge in [0, 0.05) is 4.88 Å². The molecule has 0 radical (unpaired) electrons. The summed E-state index contributed by atoms with van der Waals surface area (Å²) in [5, 5.41) is 5.28. The summed E-state index contributed by atoms with van der Waals surface area (Å²) < 4.78 is 4.97. The third-order valence-electron chi connectivity index (χ3n) is 3.17. The van der Waals surface area contributed by atoms with Gasteiger partial charge in [-0.2, -0.15) is 0 Å². The standard InChI is InChI=1S/C17H15N3O3S2/c21-15(19-8-12-4-3-7-24-12)10-23-17(22)11-25-16-9-18-13-5-1-2-6-14(13)20-16/h1-7,9H,8,10-11H2,(H,19,21). The van der Waals surface area contributed by atoms with Crippen LogP contribution in [0, 0.1) is 0 Å². The Kier molecular flexibility index (Phi) is 5.97. The number of amides is 1. The number of rotatable bonds is 7. The first-order chi connectivity index (χ1) is 12.2. The van der Waals surface area contributed by atoms with Crippen LogP contribution in [-0.2, 0) is 20.9 Å². The van der Waals surface area contributed by atoms with Crippen LogP contribution in [0.15, 0.2) is 53.0 Å². The summed E-state index contributed by atoms with van der Waals surface area (Å²) in [6.07, 6.45) is 1.62. The number of nitrogens with zero attached hydrogens (tertiary/aromatic N) is 2. The lowest BCUT2D eigenvalue weighted by Gasteiger charge is -2.06. The number of ether oxygens (including phenoxy) is 1. The normalized spacial score (nSPS) is 10.6. The maximum atomic E-state index is 11.7. The Bertz CT molecular complexity index is 868. The molecule has 2 aromatic heterocycles. The fourth-order valence-corrected chi connectivity index (χ4v) is 3.26. The second-order valence-corrected chi connectivity index (χ2v) is 7.03. The van der Waals surface area contributed by atoms with Crippen LogP contribution in [0.1, 0.15) is 4.88 Å². The zero-order chi connectivity index (χ0) is 17.5. The highest BCUT2D eigenvalue weighted by Gasteiger charge is 2.09. The molecule has 6 nitrogen and oxygen atoms in total. The van der Waals surface area contributed by atoms with Crippen LogP contribution in [0.3, 0.4) is 0 Å². The van der Waals surface area contributed by atoms with E-state index >= 15 is 0 Å². The Labute approximate surface area is 152 Å². The van der Waals surface area contributed by atoms with E-state index < -0.39 is 5.97 Å². The third-order valence-corrected chi connectivity index (χ3v) is 4.92. The summed E-state index contributed by atoms with van der Waals surface area (Å²) in [7, 11) is 0. The zero-order valence-electron chi connectivity index (χ0n) is 13.2. The van der Waals surface area contributed by atoms with Gasteiger partial charge in [-0.25, -0.2) is 4.98 Å². The summed E-state index contributed by atoms with van der Waals surface area (Å²) in [6.45, 7) is 0.156. The third kappa shape index (κ3) is 5.27. The van der Waals surface area contributed by atoms with Crippen LogP contribution in [0.2, 0.25) is 0 Å². The molecule has 0 atom stereocenters. The molecule has 0 fully saturated rings. The van der Waals surface area contributed by atoms with Crippen LogP contribution >= 0.6 is 23.1 Å². The first-order valence-corrected chi connectivity index (χ1v) is 9.36. The van der Waals surface area contributed by atoms with Crippen LogP contribution in [0.25, 0.3) is 11.0 Å². The molecule has 0 aliphatic carbocycles. The first kappa shape index (κ1) is 17.4. The summed E-state index contributed by atoms with van der Waals surface area (Å²) >= 11 is 2.79. The Morgan fingerprint density at radius 1 is 1.16 bits per heavy atom. The Morgan fingerprint density at radius 2 is 2.00 bits per heavy atom. The molecule has 2 heterocycles. The molecule has 0 saturated heterocycles. The summed E-state index contributed by atoms with van der Waals surface area (Å²) in [6, 6.07) is 11.4. The molecule has 0 spiro atoms. The average Bonchev–Trinajstić information content (AvgIpc) is 3.16. The lowest BCUT2D eigenvalue weighted by Crippen LogP contribution is -2.28. The van der Waals surface area contributed by atoms with E-state index in [9.17, 15) is 9.59 Å². The molecule has 3 aromatic rings. The van der Waals surface area contributed by atoms with E-state index in [0.717, 1.165) is 15.9 Å². The number of carbonyl (C=O) groups excluding carboxylic acids is 2. The van der Waals surface area contributed by atoms with Gasteiger partial charge in [-0.1, -0.05) is 30.0 Å². The molecule has 1 amide bonds. The van der Waals surface area contributed by atoms with Gasteiger partial charge in [0.1, 0.15) is 5.03 Å². The molecule has 0 saturated carbocycles. The highest BCUT2D eigenvalue weighted by Crippen LogP contribution is 2.17. The summed E-state index contributed by atoms with van der Waals surface area (Å²) in [4.78, 5) is 33.1. The van der Waals surface area contributed by atoms with E-state index in [1.165, 1.54) is 11.8 Å². The number of esters is 1. The topological polar surface area (TPSA) is 81.2 Å². The van der Waals surface area contributed by atoms with Crippen molar-refractivity contribution in [2.75, 3.05) is 12.4 Å². The van der Waals surface area contributed by atoms with Crippen molar-refractivity contribution in [2.24, 2.45) is 0 Å². The number of carbonyl (C=O) groups is 2. The molecule has 0 aliphatic rings. The van der Waals surface area contributed by atoms with Gasteiger partial charge in [0.2, 0.25) is 0 Å². The van der Waals surface area contributed by atoms with Crippen molar-refractivity contribution in [3.05, 3.63) is 52.9 Å². The number of hydrogen-bond donors (Lipinski definition) is 1. The van der Waals surface area contributed by atoms with E-state index in [-0.39, 0.29) is 18.3 Å². The van der Waals surface area contributed by atoms with Crippen molar-refractivity contribution in [1.82, 2.24) is 15.3 Å². The smallest absolute Gasteiger partial charge is 0.316 e. The summed E-state index contributed by atoms with van der Waals surface area (Å²) in [5.41, 5.74) is 1.57. The van der Waals surface area contributed by atoms with Gasteiger partial charge in [-0.3, -0.25) is 14.6 Å². The van der Waals surface area contributed by atoms with Gasteiger partial charge in [-0.05, 0) is 23.6 Å². The van der Waals surface area contributed by atoms with Crippen molar-refractivity contribution in [3.63, 3.8) is 0 Å². The second kappa shape index (κ2) is 8.59. The van der Waals surface area contributed by atoms with E-state index in [0.29, 0.717) is 11.6 Å². The number of thioether (sulfide) groups is 1. The van der Waals surface area contributed by atoms with E-state index in [4.69, 9.17) is 4.74 Å². The van der Waals surface area contributed by atoms with Gasteiger partial charge >= 0.3 is 5.97 Å². The highest BCUT2D eigenvalue weighted by molar-refractivity contribution is 7.99. The molecular weight excluding hydrogens is 358 g/mol. The van der Waals surface area contributed by atoms with Crippen molar-refractivity contribution in [1.29, 1.82) is 0 Å². The van der Waals surface area contributed by atoms with Crippen molar-refractivity contribution < 1.29 is 14.3 Å². The predicted octanol–water partition coefficient (Wildman–Crippen LogP) is 2.64. The van der Waals surface area contributed by atoms with Crippen LogP contribution in [0.4, 0.5) is 0 Å². The van der Waals surface area contributed by atoms with Gasteiger partial charge in [-0.15, -0.1) is 11.3 Å². The van der Waals surface area contributed by atoms with Crippen molar-refractivity contribution in [2.45, 2.75) is 11.6 Å². The number of aromatic nitrogens is 2. The fourth-order valence-electron chi connectivity index (χ4n) is 1.98. The minimum absolute atomic E-state index is 0.0746. The average molecular weight is 373 g/mol. The number of nitrogens with one attached hydrogen (secondary N) is 1. The van der Waals surface area contributed by atoms with E-state index in [2.05, 4.69) is 15.3 Å². The maximum Gasteiger partial charge on any atom is 0.316 e. The van der Waals surface area contributed by atoms with Crippen LogP contribution in [-0.4, -0.2) is 34.2 Å². The molecule has 0 bridgehead atoms. The predicted molar refractivity (Wildman–Crippen MR) is 97.4 cm³/mol. The van der Waals surface area contributed by atoms with Crippen molar-refractivity contribution in [3.8, 4) is 0 Å². The van der Waals surface area contributed by atoms with Crippen LogP contribution in [0.5, 0.6) is 0 Å². The molecule has 1 N–H and O–H groups in total. The molecule has 0 aliphatic heterocycles. The molecule has 8 heteroatoms. The zero-order valence-corrected chi connectivity index (χ0v) is 14.8. The minimum Gasteiger partial charge on any atom is -0.455 e. The molecule has 3 rings (SSSR count). The first-order valence-electron chi connectivity index (χ1n) is 7.50. The highest BCUT2D eigenvalue weighted by atomic mass is 32.2. The van der Waals surface area contributed by atoms with E-state index in [1.807, 2.05) is 41.8 Å². The number of thiophene rings is 1. The lowest BCUT2D eigenvalue weighted by atomic mass is 10.3. The SMILES string of the molecule is O=C(COC(=O)CSc1cnc2ccccc2n1)NCc1cccs1. The molecule has 25 heavy (non-hydrogen) atoms. The van der Waals surface area contributed by atoms with Gasteiger partial charge in [0.15, 0.2) is 6.61 Å². The minimum atomic E-state index is -0.466. The number of para-hydroxylation sites is 2. The maximum absolute atomic E-state index is 11.7.